The number of sulfone groups is 1. The van der Waals surface area contributed by atoms with Gasteiger partial charge in [0, 0.05) is 47.8 Å². The van der Waals surface area contributed by atoms with Gasteiger partial charge in [0.15, 0.2) is 15.5 Å². The highest BCUT2D eigenvalue weighted by Crippen LogP contribution is 2.45. The Morgan fingerprint density at radius 2 is 2.00 bits per heavy atom. The Hall–Kier alpha value is -3.54. The molecule has 34 heavy (non-hydrogen) atoms. The first-order chi connectivity index (χ1) is 16.3. The quantitative estimate of drug-likeness (QED) is 0.573. The highest BCUT2D eigenvalue weighted by molar-refractivity contribution is 7.91. The number of nitrogens with two attached hydrogens (primary N) is 1. The largest absolute Gasteiger partial charge is 0.382 e. The van der Waals surface area contributed by atoms with Crippen LogP contribution in [0.5, 0.6) is 0 Å². The van der Waals surface area contributed by atoms with Gasteiger partial charge in [-0.15, -0.1) is 0 Å². The summed E-state index contributed by atoms with van der Waals surface area (Å²) >= 11 is 0. The first-order valence-electron chi connectivity index (χ1n) is 11.2. The van der Waals surface area contributed by atoms with E-state index in [1.165, 1.54) is 4.52 Å². The van der Waals surface area contributed by atoms with Gasteiger partial charge in [-0.25, -0.2) is 13.4 Å². The van der Waals surface area contributed by atoms with E-state index in [-0.39, 0.29) is 34.6 Å². The molecule has 0 spiro atoms. The monoisotopic (exact) mass is 480 g/mol. The normalized spacial score (nSPS) is 24.2. The molecule has 3 atom stereocenters. The molecule has 3 aliphatic rings. The Bertz CT molecular complexity index is 1460. The number of aromatic nitrogens is 5. The third kappa shape index (κ3) is 3.16. The van der Waals surface area contributed by atoms with Crippen molar-refractivity contribution in [3.8, 4) is 0 Å². The number of anilines is 1. The number of nitrogen functional groups attached to an aromatic ring is 1. The molecule has 0 saturated carbocycles. The molecular weight excluding hydrogens is 456 g/mol. The second kappa shape index (κ2) is 7.49. The Kier molecular flexibility index (Phi) is 4.63. The number of fused-ring (bicyclic) bond motifs is 3. The van der Waals surface area contributed by atoms with Crippen LogP contribution >= 0.6 is 0 Å². The lowest BCUT2D eigenvalue weighted by atomic mass is 9.87. The highest BCUT2D eigenvalue weighted by atomic mass is 32.2. The van der Waals surface area contributed by atoms with Gasteiger partial charge in [0.25, 0.3) is 5.91 Å². The molecule has 6 heterocycles. The Labute approximate surface area is 195 Å². The number of aromatic amines is 1. The summed E-state index contributed by atoms with van der Waals surface area (Å²) in [4.78, 5) is 24.1. The first kappa shape index (κ1) is 21.0. The fourth-order valence-electron chi connectivity index (χ4n) is 5.66. The lowest BCUT2D eigenvalue weighted by Crippen LogP contribution is -2.46. The summed E-state index contributed by atoms with van der Waals surface area (Å²) in [6.45, 7) is 0.586. The van der Waals surface area contributed by atoms with Gasteiger partial charge in [-0.05, 0) is 31.7 Å². The highest BCUT2D eigenvalue weighted by Gasteiger charge is 2.45. The molecule has 0 radical (unpaired) electrons. The number of hydrogen-bond acceptors (Lipinski definition) is 8. The summed E-state index contributed by atoms with van der Waals surface area (Å²) in [7, 11) is -3.68. The van der Waals surface area contributed by atoms with E-state index in [0.717, 1.165) is 30.2 Å². The third-order valence-corrected chi connectivity index (χ3v) is 8.24. The lowest BCUT2D eigenvalue weighted by molar-refractivity contribution is 0.0562. The maximum Gasteiger partial charge on any atom is 0.272 e. The van der Waals surface area contributed by atoms with Crippen LogP contribution in [-0.2, 0) is 9.84 Å². The molecule has 0 aliphatic carbocycles. The van der Waals surface area contributed by atoms with E-state index < -0.39 is 9.84 Å². The Balaban J connectivity index is 1.44. The number of carbonyl (C=O) groups is 1. The van der Waals surface area contributed by atoms with Crippen LogP contribution in [-0.4, -0.2) is 75.1 Å². The van der Waals surface area contributed by atoms with Gasteiger partial charge >= 0.3 is 0 Å². The van der Waals surface area contributed by atoms with Crippen LogP contribution in [0.1, 0.15) is 53.3 Å². The molecular formula is C22H24N8O3S. The van der Waals surface area contributed by atoms with Crippen molar-refractivity contribution in [1.29, 1.82) is 0 Å². The summed E-state index contributed by atoms with van der Waals surface area (Å²) in [5, 5.41) is 11.0. The van der Waals surface area contributed by atoms with Crippen LogP contribution < -0.4 is 5.73 Å². The van der Waals surface area contributed by atoms with Crippen LogP contribution in [0.25, 0.3) is 11.2 Å². The Morgan fingerprint density at radius 1 is 1.24 bits per heavy atom. The SMILES string of the molecule is CS(=O)(=O)c1c(C2C[C@H]3CC[C@@H](C2)N3C(=O)c2ccn[nH]2)nc2c(C3=CCN=C3)cnn2c1N. The molecule has 3 aliphatic heterocycles. The number of aliphatic imine (C=N–C) groups is 1. The molecule has 1 amide bonds. The fraction of sp³-hybridized carbons (Fsp3) is 0.409. The van der Waals surface area contributed by atoms with Gasteiger partial charge < -0.3 is 10.6 Å². The molecule has 1 unspecified atom stereocenters. The average molecular weight is 481 g/mol. The maximum absolute atomic E-state index is 13.1. The van der Waals surface area contributed by atoms with E-state index in [4.69, 9.17) is 10.7 Å². The second-order valence-electron chi connectivity index (χ2n) is 9.17. The van der Waals surface area contributed by atoms with E-state index in [1.54, 1.807) is 24.7 Å². The van der Waals surface area contributed by atoms with Gasteiger partial charge in [0.05, 0.1) is 18.4 Å². The van der Waals surface area contributed by atoms with Crippen molar-refractivity contribution in [1.82, 2.24) is 29.7 Å². The van der Waals surface area contributed by atoms with Crippen LogP contribution in [0.4, 0.5) is 5.82 Å². The van der Waals surface area contributed by atoms with Crippen molar-refractivity contribution in [2.24, 2.45) is 4.99 Å². The molecule has 176 valence electrons. The summed E-state index contributed by atoms with van der Waals surface area (Å²) in [5.41, 5.74) is 9.51. The molecule has 2 bridgehead atoms. The van der Waals surface area contributed by atoms with E-state index in [1.807, 2.05) is 11.0 Å². The zero-order valence-electron chi connectivity index (χ0n) is 18.5. The van der Waals surface area contributed by atoms with Crippen molar-refractivity contribution in [3.63, 3.8) is 0 Å². The number of nitrogens with zero attached hydrogens (tertiary/aromatic N) is 6. The summed E-state index contributed by atoms with van der Waals surface area (Å²) < 4.78 is 27.1. The van der Waals surface area contributed by atoms with Gasteiger partial charge in [-0.1, -0.05) is 6.08 Å². The molecule has 6 rings (SSSR count). The average Bonchev–Trinajstić information content (AvgIpc) is 3.58. The summed E-state index contributed by atoms with van der Waals surface area (Å²) in [6.07, 6.45) is 11.1. The van der Waals surface area contributed by atoms with Gasteiger partial charge in [-0.3, -0.25) is 14.9 Å². The van der Waals surface area contributed by atoms with E-state index in [0.29, 0.717) is 36.4 Å². The maximum atomic E-state index is 13.1. The first-order valence-corrected chi connectivity index (χ1v) is 13.1. The zero-order chi connectivity index (χ0) is 23.6. The van der Waals surface area contributed by atoms with Crippen LogP contribution in [0.15, 0.2) is 34.4 Å². The zero-order valence-corrected chi connectivity index (χ0v) is 19.4. The van der Waals surface area contributed by atoms with Crippen molar-refractivity contribution in [3.05, 3.63) is 41.5 Å². The number of piperidine rings is 1. The fourth-order valence-corrected chi connectivity index (χ4v) is 6.72. The number of rotatable bonds is 4. The topological polar surface area (TPSA) is 152 Å². The predicted octanol–water partition coefficient (Wildman–Crippen LogP) is 1.46. The molecule has 3 aromatic rings. The second-order valence-corrected chi connectivity index (χ2v) is 11.1. The molecule has 3 aromatic heterocycles. The number of amides is 1. The number of nitrogens with one attached hydrogen (secondary N) is 1. The summed E-state index contributed by atoms with van der Waals surface area (Å²) in [6, 6.07) is 1.68. The van der Waals surface area contributed by atoms with Crippen LogP contribution in [0.2, 0.25) is 0 Å². The van der Waals surface area contributed by atoms with Crippen LogP contribution in [0.3, 0.4) is 0 Å². The van der Waals surface area contributed by atoms with Crippen molar-refractivity contribution in [2.75, 3.05) is 18.5 Å². The predicted molar refractivity (Wildman–Crippen MR) is 125 cm³/mol. The smallest absolute Gasteiger partial charge is 0.272 e. The Morgan fingerprint density at radius 3 is 2.62 bits per heavy atom. The van der Waals surface area contributed by atoms with Crippen molar-refractivity contribution in [2.45, 2.75) is 48.6 Å². The van der Waals surface area contributed by atoms with Crippen molar-refractivity contribution >= 4 is 39.0 Å². The number of H-pyrrole nitrogens is 1. The summed E-state index contributed by atoms with van der Waals surface area (Å²) in [5.74, 6) is -0.151. The van der Waals surface area contributed by atoms with E-state index in [2.05, 4.69) is 20.3 Å². The standard InChI is InChI=1S/C22H24N8O3S/c1-34(32,33)19-18(27-21-16(12-4-6-24-10-12)11-26-30(21)20(19)23)13-8-14-2-3-15(9-13)29(14)22(31)17-5-7-25-28-17/h4-5,7,10-11,13-15H,2-3,6,8-9,23H2,1H3,(H,25,28)/t13?,14-,15+. The van der Waals surface area contributed by atoms with Gasteiger partial charge in [0.1, 0.15) is 16.4 Å². The number of allylic oxidation sites excluding steroid dienone is 1. The molecule has 0 aromatic carbocycles. The molecule has 3 N–H and O–H groups in total. The minimum Gasteiger partial charge on any atom is -0.382 e. The number of hydrogen-bond donors (Lipinski definition) is 2. The minimum absolute atomic E-state index is 0.000246. The van der Waals surface area contributed by atoms with Gasteiger partial charge in [0.2, 0.25) is 0 Å². The van der Waals surface area contributed by atoms with Crippen LogP contribution in [0, 0.1) is 0 Å². The van der Waals surface area contributed by atoms with Crippen molar-refractivity contribution < 1.29 is 13.2 Å². The molecule has 11 nitrogen and oxygen atoms in total. The minimum atomic E-state index is -3.68. The van der Waals surface area contributed by atoms with E-state index in [9.17, 15) is 13.2 Å². The van der Waals surface area contributed by atoms with Gasteiger partial charge in [-0.2, -0.15) is 14.7 Å². The van der Waals surface area contributed by atoms with E-state index >= 15 is 0 Å². The molecule has 2 fully saturated rings. The molecule has 2 saturated heterocycles. The third-order valence-electron chi connectivity index (χ3n) is 7.08. The number of carbonyl (C=O) groups excluding carboxylic acids is 1. The lowest BCUT2D eigenvalue weighted by Gasteiger charge is -2.39. The molecule has 12 heteroatoms.